The van der Waals surface area contributed by atoms with Crippen LogP contribution in [-0.4, -0.2) is 85.7 Å². The Morgan fingerprint density at radius 2 is 1.59 bits per heavy atom. The number of nitrogens with one attached hydrogen (secondary N) is 1. The molecule has 1 N–H and O–H groups in total. The van der Waals surface area contributed by atoms with E-state index in [1.807, 2.05) is 32.6 Å². The molecule has 1 aliphatic heterocycles. The summed E-state index contributed by atoms with van der Waals surface area (Å²) in [6.07, 6.45) is 2.81. The van der Waals surface area contributed by atoms with Gasteiger partial charge in [-0.3, -0.25) is 14.4 Å². The first-order valence-corrected chi connectivity index (χ1v) is 14.2. The molecule has 3 amide bonds. The molecule has 216 valence electrons. The predicted molar refractivity (Wildman–Crippen MR) is 148 cm³/mol. The number of methoxy groups -OCH3 is 2. The van der Waals surface area contributed by atoms with Gasteiger partial charge in [0, 0.05) is 34.2 Å². The van der Waals surface area contributed by atoms with Crippen molar-refractivity contribution in [3.8, 4) is 0 Å². The molecule has 6 atom stereocenters. The van der Waals surface area contributed by atoms with Crippen molar-refractivity contribution in [3.05, 3.63) is 0 Å². The molecule has 1 rings (SSSR count). The van der Waals surface area contributed by atoms with Crippen molar-refractivity contribution < 1.29 is 23.9 Å². The molecule has 1 aliphatic rings. The molecule has 0 aromatic rings. The van der Waals surface area contributed by atoms with Crippen LogP contribution in [0.3, 0.4) is 0 Å². The molecule has 0 radical (unpaired) electrons. The van der Waals surface area contributed by atoms with E-state index in [4.69, 9.17) is 9.47 Å². The van der Waals surface area contributed by atoms with Crippen LogP contribution >= 0.6 is 0 Å². The fraction of sp³-hybridized carbons (Fsp3) is 0.897. The van der Waals surface area contributed by atoms with Gasteiger partial charge in [0.1, 0.15) is 6.04 Å². The second-order valence-electron chi connectivity index (χ2n) is 11.9. The van der Waals surface area contributed by atoms with Crippen LogP contribution in [-0.2, 0) is 23.9 Å². The maximum Gasteiger partial charge on any atom is 0.245 e. The van der Waals surface area contributed by atoms with E-state index in [0.29, 0.717) is 18.9 Å². The van der Waals surface area contributed by atoms with Crippen LogP contribution in [0.2, 0.25) is 0 Å². The summed E-state index contributed by atoms with van der Waals surface area (Å²) in [7, 11) is 5.11. The SMILES string of the molecule is CCC(C)C(C(CC(=O)N1CCC[C@H]1C(OC)C(C)C)OC)N(C)C(=O)C(NC(=O)CC(C)C)C(C)C. The fourth-order valence-electron chi connectivity index (χ4n) is 5.67. The Bertz CT molecular complexity index is 726. The standard InChI is InChI=1S/C29H55N3O5/c1-12-21(8)27(31(9)29(35)26(19(4)5)30-24(33)16-18(2)3)23(36-10)17-25(34)32-15-13-14-22(32)28(37-11)20(6)7/h18-23,26-28H,12-17H2,1-11H3,(H,30,33)/t21?,22-,23?,26?,27?,28?/m0/s1. The number of carbonyl (C=O) groups is 3. The zero-order valence-corrected chi connectivity index (χ0v) is 25.4. The van der Waals surface area contributed by atoms with E-state index >= 15 is 0 Å². The Labute approximate surface area is 226 Å². The number of amides is 3. The Hall–Kier alpha value is -1.67. The molecule has 1 fully saturated rings. The third kappa shape index (κ3) is 9.24. The predicted octanol–water partition coefficient (Wildman–Crippen LogP) is 4.11. The first-order chi connectivity index (χ1) is 17.3. The molecule has 0 bridgehead atoms. The van der Waals surface area contributed by atoms with Crippen molar-refractivity contribution in [3.63, 3.8) is 0 Å². The summed E-state index contributed by atoms with van der Waals surface area (Å²) in [6.45, 7) is 17.0. The van der Waals surface area contributed by atoms with Crippen LogP contribution in [0, 0.1) is 23.7 Å². The zero-order valence-electron chi connectivity index (χ0n) is 25.4. The monoisotopic (exact) mass is 525 g/mol. The van der Waals surface area contributed by atoms with Gasteiger partial charge in [0.05, 0.1) is 30.7 Å². The number of nitrogens with zero attached hydrogens (tertiary/aromatic N) is 2. The lowest BCUT2D eigenvalue weighted by Crippen LogP contribution is -2.57. The highest BCUT2D eigenvalue weighted by atomic mass is 16.5. The second-order valence-corrected chi connectivity index (χ2v) is 11.9. The van der Waals surface area contributed by atoms with E-state index in [1.165, 1.54) is 0 Å². The van der Waals surface area contributed by atoms with Crippen LogP contribution in [0.1, 0.15) is 87.5 Å². The molecular weight excluding hydrogens is 470 g/mol. The van der Waals surface area contributed by atoms with Gasteiger partial charge in [0.2, 0.25) is 17.7 Å². The maximum absolute atomic E-state index is 13.7. The van der Waals surface area contributed by atoms with Crippen molar-refractivity contribution in [2.24, 2.45) is 23.7 Å². The number of hydrogen-bond donors (Lipinski definition) is 1. The average Bonchev–Trinajstić information content (AvgIpc) is 3.30. The van der Waals surface area contributed by atoms with Crippen LogP contribution < -0.4 is 5.32 Å². The van der Waals surface area contributed by atoms with Crippen LogP contribution in [0.25, 0.3) is 0 Å². The van der Waals surface area contributed by atoms with Crippen molar-refractivity contribution in [2.45, 2.75) is 118 Å². The molecule has 0 spiro atoms. The maximum atomic E-state index is 13.7. The molecule has 1 heterocycles. The summed E-state index contributed by atoms with van der Waals surface area (Å²) in [6, 6.07) is -0.885. The molecule has 8 nitrogen and oxygen atoms in total. The summed E-state index contributed by atoms with van der Waals surface area (Å²) in [4.78, 5) is 43.5. The highest BCUT2D eigenvalue weighted by molar-refractivity contribution is 5.88. The lowest BCUT2D eigenvalue weighted by molar-refractivity contribution is -0.147. The van der Waals surface area contributed by atoms with E-state index in [0.717, 1.165) is 19.3 Å². The molecule has 5 unspecified atom stereocenters. The van der Waals surface area contributed by atoms with Crippen molar-refractivity contribution in [1.82, 2.24) is 15.1 Å². The smallest absolute Gasteiger partial charge is 0.245 e. The number of likely N-dealkylation sites (tertiary alicyclic amines) is 1. The fourth-order valence-corrected chi connectivity index (χ4v) is 5.67. The number of ether oxygens (including phenoxy) is 2. The summed E-state index contributed by atoms with van der Waals surface area (Å²) in [5.74, 6) is 0.313. The van der Waals surface area contributed by atoms with E-state index < -0.39 is 12.1 Å². The van der Waals surface area contributed by atoms with Gasteiger partial charge in [-0.25, -0.2) is 0 Å². The minimum atomic E-state index is -0.632. The summed E-state index contributed by atoms with van der Waals surface area (Å²) >= 11 is 0. The van der Waals surface area contributed by atoms with E-state index in [2.05, 4.69) is 33.0 Å². The second kappa shape index (κ2) is 15.7. The molecular formula is C29H55N3O5. The third-order valence-electron chi connectivity index (χ3n) is 7.85. The Kier molecular flexibility index (Phi) is 14.1. The number of rotatable bonds is 15. The molecule has 1 saturated heterocycles. The highest BCUT2D eigenvalue weighted by Gasteiger charge is 2.41. The summed E-state index contributed by atoms with van der Waals surface area (Å²) in [5.41, 5.74) is 0. The highest BCUT2D eigenvalue weighted by Crippen LogP contribution is 2.29. The Balaban J connectivity index is 3.15. The van der Waals surface area contributed by atoms with Gasteiger partial charge in [-0.1, -0.05) is 61.8 Å². The lowest BCUT2D eigenvalue weighted by atomic mass is 9.89. The van der Waals surface area contributed by atoms with Gasteiger partial charge in [0.25, 0.3) is 0 Å². The van der Waals surface area contributed by atoms with Gasteiger partial charge in [-0.05, 0) is 36.5 Å². The lowest BCUT2D eigenvalue weighted by Gasteiger charge is -2.40. The molecule has 0 saturated carbocycles. The molecule has 0 aromatic heterocycles. The number of hydrogen-bond acceptors (Lipinski definition) is 5. The van der Waals surface area contributed by atoms with Crippen LogP contribution in [0.15, 0.2) is 0 Å². The van der Waals surface area contributed by atoms with Gasteiger partial charge >= 0.3 is 0 Å². The van der Waals surface area contributed by atoms with Gasteiger partial charge in [0.15, 0.2) is 0 Å². The van der Waals surface area contributed by atoms with E-state index in [1.54, 1.807) is 26.2 Å². The molecule has 0 aromatic carbocycles. The van der Waals surface area contributed by atoms with Crippen molar-refractivity contribution in [1.29, 1.82) is 0 Å². The average molecular weight is 526 g/mol. The van der Waals surface area contributed by atoms with Crippen LogP contribution in [0.5, 0.6) is 0 Å². The normalized spacial score (nSPS) is 20.2. The molecule has 8 heteroatoms. The van der Waals surface area contributed by atoms with Gasteiger partial charge < -0.3 is 24.6 Å². The molecule has 37 heavy (non-hydrogen) atoms. The summed E-state index contributed by atoms with van der Waals surface area (Å²) in [5, 5.41) is 2.96. The van der Waals surface area contributed by atoms with Crippen molar-refractivity contribution in [2.75, 3.05) is 27.8 Å². The molecule has 0 aliphatic carbocycles. The zero-order chi connectivity index (χ0) is 28.4. The largest absolute Gasteiger partial charge is 0.379 e. The number of likely N-dealkylation sites (N-methyl/N-ethyl adjacent to an activating group) is 1. The van der Waals surface area contributed by atoms with Crippen molar-refractivity contribution >= 4 is 17.7 Å². The topological polar surface area (TPSA) is 88.2 Å². The minimum Gasteiger partial charge on any atom is -0.379 e. The minimum absolute atomic E-state index is 0.0108. The summed E-state index contributed by atoms with van der Waals surface area (Å²) < 4.78 is 11.7. The Morgan fingerprint density at radius 1 is 0.973 bits per heavy atom. The number of carbonyl (C=O) groups excluding carboxylic acids is 3. The first-order valence-electron chi connectivity index (χ1n) is 14.2. The third-order valence-corrected chi connectivity index (χ3v) is 7.85. The van der Waals surface area contributed by atoms with Gasteiger partial charge in [-0.15, -0.1) is 0 Å². The first kappa shape index (κ1) is 33.4. The van der Waals surface area contributed by atoms with E-state index in [-0.39, 0.29) is 60.1 Å². The van der Waals surface area contributed by atoms with Gasteiger partial charge in [-0.2, -0.15) is 0 Å². The Morgan fingerprint density at radius 3 is 2.05 bits per heavy atom. The van der Waals surface area contributed by atoms with Crippen LogP contribution in [0.4, 0.5) is 0 Å². The quantitative estimate of drug-likeness (QED) is 0.348. The van der Waals surface area contributed by atoms with E-state index in [9.17, 15) is 14.4 Å².